The first-order valence-electron chi connectivity index (χ1n) is 7.17. The topological polar surface area (TPSA) is 30.5 Å². The normalized spacial score (nSPS) is 31.2. The van der Waals surface area contributed by atoms with Gasteiger partial charge in [-0.25, -0.2) is 0 Å². The average molecular weight is 241 g/mol. The van der Waals surface area contributed by atoms with Crippen LogP contribution in [0.25, 0.3) is 0 Å². The van der Waals surface area contributed by atoms with Crippen LogP contribution in [0.4, 0.5) is 0 Å². The van der Waals surface area contributed by atoms with Crippen molar-refractivity contribution in [2.75, 3.05) is 32.9 Å². The standard InChI is InChI=1S/C14H27NO2/c1-11(2)9-15-10-13-5-8-17-14(13)12-3-6-16-7-4-12/h11-15H,3-10H2,1-2H3. The average Bonchev–Trinajstić information content (AvgIpc) is 2.78. The van der Waals surface area contributed by atoms with E-state index < -0.39 is 0 Å². The van der Waals surface area contributed by atoms with Crippen molar-refractivity contribution in [3.8, 4) is 0 Å². The monoisotopic (exact) mass is 241 g/mol. The van der Waals surface area contributed by atoms with E-state index in [0.717, 1.165) is 50.7 Å². The number of hydrogen-bond acceptors (Lipinski definition) is 3. The van der Waals surface area contributed by atoms with Gasteiger partial charge < -0.3 is 14.8 Å². The fraction of sp³-hybridized carbons (Fsp3) is 1.00. The smallest absolute Gasteiger partial charge is 0.0646 e. The molecule has 2 aliphatic rings. The highest BCUT2D eigenvalue weighted by Crippen LogP contribution is 2.32. The van der Waals surface area contributed by atoms with Crippen molar-refractivity contribution >= 4 is 0 Å². The zero-order valence-electron chi connectivity index (χ0n) is 11.3. The van der Waals surface area contributed by atoms with E-state index >= 15 is 0 Å². The van der Waals surface area contributed by atoms with Gasteiger partial charge in [0, 0.05) is 32.3 Å². The lowest BCUT2D eigenvalue weighted by Gasteiger charge is -2.31. The van der Waals surface area contributed by atoms with Crippen molar-refractivity contribution in [3.05, 3.63) is 0 Å². The fourth-order valence-electron chi connectivity index (χ4n) is 3.00. The van der Waals surface area contributed by atoms with Gasteiger partial charge >= 0.3 is 0 Å². The molecule has 3 heteroatoms. The summed E-state index contributed by atoms with van der Waals surface area (Å²) in [6.45, 7) is 9.57. The molecule has 0 spiro atoms. The van der Waals surface area contributed by atoms with Crippen LogP contribution in [-0.4, -0.2) is 39.0 Å². The van der Waals surface area contributed by atoms with Gasteiger partial charge in [0.15, 0.2) is 0 Å². The van der Waals surface area contributed by atoms with Crippen molar-refractivity contribution in [2.24, 2.45) is 17.8 Å². The van der Waals surface area contributed by atoms with Crippen molar-refractivity contribution in [2.45, 2.75) is 39.2 Å². The summed E-state index contributed by atoms with van der Waals surface area (Å²) >= 11 is 0. The first kappa shape index (κ1) is 13.3. The van der Waals surface area contributed by atoms with Gasteiger partial charge in [0.05, 0.1) is 6.10 Å². The Morgan fingerprint density at radius 2 is 1.88 bits per heavy atom. The molecule has 0 aromatic carbocycles. The van der Waals surface area contributed by atoms with Crippen molar-refractivity contribution in [1.82, 2.24) is 5.32 Å². The van der Waals surface area contributed by atoms with Crippen LogP contribution in [0.5, 0.6) is 0 Å². The van der Waals surface area contributed by atoms with Gasteiger partial charge in [-0.05, 0) is 37.6 Å². The van der Waals surface area contributed by atoms with E-state index in [0.29, 0.717) is 6.10 Å². The minimum atomic E-state index is 0.485. The second kappa shape index (κ2) is 6.72. The quantitative estimate of drug-likeness (QED) is 0.799. The summed E-state index contributed by atoms with van der Waals surface area (Å²) in [4.78, 5) is 0. The van der Waals surface area contributed by atoms with E-state index in [4.69, 9.17) is 9.47 Å². The third-order valence-electron chi connectivity index (χ3n) is 3.95. The number of rotatable bonds is 5. The van der Waals surface area contributed by atoms with Crippen LogP contribution in [0.2, 0.25) is 0 Å². The van der Waals surface area contributed by atoms with Crippen LogP contribution in [0.3, 0.4) is 0 Å². The summed E-state index contributed by atoms with van der Waals surface area (Å²) in [5, 5.41) is 3.58. The van der Waals surface area contributed by atoms with E-state index in [-0.39, 0.29) is 0 Å². The molecule has 0 aliphatic carbocycles. The molecule has 2 atom stereocenters. The van der Waals surface area contributed by atoms with Gasteiger partial charge in [0.2, 0.25) is 0 Å². The van der Waals surface area contributed by atoms with Gasteiger partial charge in [-0.2, -0.15) is 0 Å². The Morgan fingerprint density at radius 3 is 2.59 bits per heavy atom. The molecule has 2 unspecified atom stereocenters. The van der Waals surface area contributed by atoms with Crippen LogP contribution in [0.1, 0.15) is 33.1 Å². The van der Waals surface area contributed by atoms with Gasteiger partial charge in [0.25, 0.3) is 0 Å². The molecule has 1 N–H and O–H groups in total. The zero-order valence-corrected chi connectivity index (χ0v) is 11.3. The Bertz CT molecular complexity index is 214. The molecule has 17 heavy (non-hydrogen) atoms. The maximum absolute atomic E-state index is 5.97. The van der Waals surface area contributed by atoms with E-state index in [9.17, 15) is 0 Å². The Kier molecular flexibility index (Phi) is 5.26. The minimum Gasteiger partial charge on any atom is -0.381 e. The van der Waals surface area contributed by atoms with Gasteiger partial charge in [-0.3, -0.25) is 0 Å². The third kappa shape index (κ3) is 3.94. The van der Waals surface area contributed by atoms with Crippen LogP contribution in [0, 0.1) is 17.8 Å². The van der Waals surface area contributed by atoms with Gasteiger partial charge in [0.1, 0.15) is 0 Å². The lowest BCUT2D eigenvalue weighted by atomic mass is 9.85. The molecule has 0 saturated carbocycles. The SMILES string of the molecule is CC(C)CNCC1CCOC1C1CCOCC1. The lowest BCUT2D eigenvalue weighted by molar-refractivity contribution is -0.0187. The molecular formula is C14H27NO2. The first-order chi connectivity index (χ1) is 8.27. The molecule has 0 bridgehead atoms. The Hall–Kier alpha value is -0.120. The zero-order chi connectivity index (χ0) is 12.1. The van der Waals surface area contributed by atoms with Crippen molar-refractivity contribution < 1.29 is 9.47 Å². The molecule has 2 fully saturated rings. The summed E-state index contributed by atoms with van der Waals surface area (Å²) in [7, 11) is 0. The van der Waals surface area contributed by atoms with Crippen LogP contribution < -0.4 is 5.32 Å². The Balaban J connectivity index is 1.75. The van der Waals surface area contributed by atoms with E-state index in [1.807, 2.05) is 0 Å². The molecular weight excluding hydrogens is 214 g/mol. The van der Waals surface area contributed by atoms with Crippen molar-refractivity contribution in [1.29, 1.82) is 0 Å². The number of ether oxygens (including phenoxy) is 2. The Morgan fingerprint density at radius 1 is 1.12 bits per heavy atom. The molecule has 0 radical (unpaired) electrons. The highest BCUT2D eigenvalue weighted by atomic mass is 16.5. The molecule has 2 rings (SSSR count). The maximum atomic E-state index is 5.97. The highest BCUT2D eigenvalue weighted by molar-refractivity contribution is 4.85. The molecule has 2 saturated heterocycles. The summed E-state index contributed by atoms with van der Waals surface area (Å²) < 4.78 is 11.4. The second-order valence-electron chi connectivity index (χ2n) is 5.89. The molecule has 0 amide bonds. The molecule has 2 aliphatic heterocycles. The van der Waals surface area contributed by atoms with Gasteiger partial charge in [-0.15, -0.1) is 0 Å². The van der Waals surface area contributed by atoms with E-state index in [2.05, 4.69) is 19.2 Å². The summed E-state index contributed by atoms with van der Waals surface area (Å²) in [5.41, 5.74) is 0. The highest BCUT2D eigenvalue weighted by Gasteiger charge is 2.35. The first-order valence-corrected chi connectivity index (χ1v) is 7.17. The predicted octanol–water partition coefficient (Wildman–Crippen LogP) is 2.06. The largest absolute Gasteiger partial charge is 0.381 e. The fourth-order valence-corrected chi connectivity index (χ4v) is 3.00. The van der Waals surface area contributed by atoms with E-state index in [1.54, 1.807) is 0 Å². The molecule has 0 aromatic heterocycles. The van der Waals surface area contributed by atoms with Crippen molar-refractivity contribution in [3.63, 3.8) is 0 Å². The minimum absolute atomic E-state index is 0.485. The number of hydrogen-bond donors (Lipinski definition) is 1. The van der Waals surface area contributed by atoms with Gasteiger partial charge in [-0.1, -0.05) is 13.8 Å². The number of nitrogens with one attached hydrogen (secondary N) is 1. The molecule has 2 heterocycles. The molecule has 3 nitrogen and oxygen atoms in total. The van der Waals surface area contributed by atoms with Crippen LogP contribution in [0.15, 0.2) is 0 Å². The predicted molar refractivity (Wildman–Crippen MR) is 69.1 cm³/mol. The molecule has 100 valence electrons. The van der Waals surface area contributed by atoms with Crippen LogP contribution in [-0.2, 0) is 9.47 Å². The van der Waals surface area contributed by atoms with E-state index in [1.165, 1.54) is 19.3 Å². The lowest BCUT2D eigenvalue weighted by Crippen LogP contribution is -2.37. The summed E-state index contributed by atoms with van der Waals surface area (Å²) in [6, 6.07) is 0. The second-order valence-corrected chi connectivity index (χ2v) is 5.89. The third-order valence-corrected chi connectivity index (χ3v) is 3.95. The van der Waals surface area contributed by atoms with Crippen LogP contribution >= 0.6 is 0 Å². The Labute approximate surface area is 105 Å². The molecule has 0 aromatic rings. The maximum Gasteiger partial charge on any atom is 0.0646 e. The summed E-state index contributed by atoms with van der Waals surface area (Å²) in [5.74, 6) is 2.19. The summed E-state index contributed by atoms with van der Waals surface area (Å²) in [6.07, 6.45) is 4.09.